The maximum atomic E-state index is 13.5. The van der Waals surface area contributed by atoms with Gasteiger partial charge in [0.2, 0.25) is 21.8 Å². The van der Waals surface area contributed by atoms with E-state index < -0.39 is 28.5 Å². The number of sulfonamides is 1. The summed E-state index contributed by atoms with van der Waals surface area (Å²) in [6.07, 6.45) is 1.30. The predicted octanol–water partition coefficient (Wildman–Crippen LogP) is 4.27. The second kappa shape index (κ2) is 11.4. The third-order valence-electron chi connectivity index (χ3n) is 5.01. The third-order valence-corrected chi connectivity index (χ3v) is 7.16. The first kappa shape index (κ1) is 27.2. The quantitative estimate of drug-likeness (QED) is 0.487. The van der Waals surface area contributed by atoms with E-state index in [1.807, 2.05) is 31.2 Å². The van der Waals surface area contributed by atoms with Gasteiger partial charge in [-0.1, -0.05) is 71.6 Å². The zero-order valence-electron chi connectivity index (χ0n) is 18.7. The van der Waals surface area contributed by atoms with Crippen LogP contribution in [0, 0.1) is 6.92 Å². The number of nitrogens with zero attached hydrogens (tertiary/aromatic N) is 2. The molecule has 0 radical (unpaired) electrons. The van der Waals surface area contributed by atoms with Crippen LogP contribution < -0.4 is 9.62 Å². The van der Waals surface area contributed by atoms with Gasteiger partial charge in [0.1, 0.15) is 12.6 Å². The number of aryl methyl sites for hydroxylation is 1. The SMILES string of the molecule is CC[C@@H](C(=O)NC)N(Cc1cccc(C)c1)C(=O)CN(c1cc(Cl)c(Cl)cc1Cl)S(C)(=O)=O. The Bertz CT molecular complexity index is 1140. The Morgan fingerprint density at radius 3 is 2.24 bits per heavy atom. The number of nitrogens with one attached hydrogen (secondary N) is 1. The molecule has 2 amide bonds. The van der Waals surface area contributed by atoms with Crippen LogP contribution in [-0.4, -0.2) is 51.0 Å². The number of hydrogen-bond acceptors (Lipinski definition) is 4. The van der Waals surface area contributed by atoms with Crippen molar-refractivity contribution in [2.75, 3.05) is 24.2 Å². The van der Waals surface area contributed by atoms with Crippen molar-refractivity contribution in [3.8, 4) is 0 Å². The van der Waals surface area contributed by atoms with Crippen molar-refractivity contribution in [1.29, 1.82) is 0 Å². The molecule has 1 N–H and O–H groups in total. The van der Waals surface area contributed by atoms with Crippen molar-refractivity contribution in [2.45, 2.75) is 32.9 Å². The van der Waals surface area contributed by atoms with Gasteiger partial charge in [-0.3, -0.25) is 13.9 Å². The van der Waals surface area contributed by atoms with E-state index >= 15 is 0 Å². The van der Waals surface area contributed by atoms with E-state index in [0.717, 1.165) is 21.7 Å². The van der Waals surface area contributed by atoms with Crippen molar-refractivity contribution in [3.63, 3.8) is 0 Å². The lowest BCUT2D eigenvalue weighted by atomic mass is 10.1. The molecule has 180 valence electrons. The molecule has 2 aromatic carbocycles. The number of benzene rings is 2. The van der Waals surface area contributed by atoms with Crippen molar-refractivity contribution in [2.24, 2.45) is 0 Å². The largest absolute Gasteiger partial charge is 0.357 e. The Morgan fingerprint density at radius 2 is 1.70 bits per heavy atom. The average molecular weight is 535 g/mol. The van der Waals surface area contributed by atoms with Gasteiger partial charge < -0.3 is 10.2 Å². The maximum Gasteiger partial charge on any atom is 0.244 e. The van der Waals surface area contributed by atoms with E-state index in [0.29, 0.717) is 6.42 Å². The molecule has 7 nitrogen and oxygen atoms in total. The van der Waals surface area contributed by atoms with E-state index in [-0.39, 0.29) is 33.2 Å². The summed E-state index contributed by atoms with van der Waals surface area (Å²) in [6, 6.07) is 9.33. The summed E-state index contributed by atoms with van der Waals surface area (Å²) in [7, 11) is -2.45. The molecular formula is C22H26Cl3N3O4S. The van der Waals surface area contributed by atoms with E-state index in [4.69, 9.17) is 34.8 Å². The summed E-state index contributed by atoms with van der Waals surface area (Å²) in [5, 5.41) is 2.83. The molecule has 0 aliphatic heterocycles. The van der Waals surface area contributed by atoms with Crippen molar-refractivity contribution in [1.82, 2.24) is 10.2 Å². The van der Waals surface area contributed by atoms with Gasteiger partial charge in [-0.2, -0.15) is 0 Å². The van der Waals surface area contributed by atoms with E-state index in [1.54, 1.807) is 6.92 Å². The third kappa shape index (κ3) is 6.99. The first-order chi connectivity index (χ1) is 15.4. The van der Waals surface area contributed by atoms with Crippen LogP contribution in [0.25, 0.3) is 0 Å². The van der Waals surface area contributed by atoms with Gasteiger partial charge in [-0.05, 0) is 31.0 Å². The fourth-order valence-corrected chi connectivity index (χ4v) is 4.94. The normalized spacial score (nSPS) is 12.2. The molecule has 2 aromatic rings. The number of likely N-dealkylation sites (N-methyl/N-ethyl adjacent to an activating group) is 1. The van der Waals surface area contributed by atoms with Crippen molar-refractivity contribution >= 4 is 62.3 Å². The molecule has 1 atom stereocenters. The van der Waals surface area contributed by atoms with Crippen LogP contribution in [0.3, 0.4) is 0 Å². The summed E-state index contributed by atoms with van der Waals surface area (Å²) in [5.74, 6) is -0.920. The van der Waals surface area contributed by atoms with Gasteiger partial charge in [0.15, 0.2) is 0 Å². The minimum Gasteiger partial charge on any atom is -0.357 e. The van der Waals surface area contributed by atoms with Gasteiger partial charge in [0.05, 0.1) is 27.0 Å². The maximum absolute atomic E-state index is 13.5. The summed E-state index contributed by atoms with van der Waals surface area (Å²) in [6.45, 7) is 3.25. The van der Waals surface area contributed by atoms with Crippen LogP contribution in [0.15, 0.2) is 36.4 Å². The molecule has 0 heterocycles. The molecule has 0 saturated heterocycles. The zero-order chi connectivity index (χ0) is 24.9. The Labute approximate surface area is 209 Å². The highest BCUT2D eigenvalue weighted by Gasteiger charge is 2.32. The minimum absolute atomic E-state index is 0.0189. The number of carbonyl (C=O) groups excluding carboxylic acids is 2. The van der Waals surface area contributed by atoms with E-state index in [1.165, 1.54) is 24.1 Å². The van der Waals surface area contributed by atoms with Crippen LogP contribution in [0.5, 0.6) is 0 Å². The summed E-state index contributed by atoms with van der Waals surface area (Å²) >= 11 is 18.3. The highest BCUT2D eigenvalue weighted by molar-refractivity contribution is 7.92. The second-order valence-electron chi connectivity index (χ2n) is 7.54. The number of halogens is 3. The molecule has 0 aliphatic rings. The molecule has 2 rings (SSSR count). The number of amides is 2. The number of rotatable bonds is 9. The molecule has 0 unspecified atom stereocenters. The van der Waals surface area contributed by atoms with Gasteiger partial charge in [-0.15, -0.1) is 0 Å². The highest BCUT2D eigenvalue weighted by atomic mass is 35.5. The molecule has 0 fully saturated rings. The fourth-order valence-electron chi connectivity index (χ4n) is 3.39. The Balaban J connectivity index is 2.50. The van der Waals surface area contributed by atoms with Crippen LogP contribution in [0.1, 0.15) is 24.5 Å². The lowest BCUT2D eigenvalue weighted by Gasteiger charge is -2.32. The summed E-state index contributed by atoms with van der Waals surface area (Å²) in [5.41, 5.74) is 1.82. The molecule has 0 spiro atoms. The van der Waals surface area contributed by atoms with Crippen LogP contribution >= 0.6 is 34.8 Å². The highest BCUT2D eigenvalue weighted by Crippen LogP contribution is 2.35. The van der Waals surface area contributed by atoms with Crippen LogP contribution in [0.4, 0.5) is 5.69 Å². The van der Waals surface area contributed by atoms with Crippen LogP contribution in [0.2, 0.25) is 15.1 Å². The second-order valence-corrected chi connectivity index (χ2v) is 10.7. The van der Waals surface area contributed by atoms with E-state index in [9.17, 15) is 18.0 Å². The monoisotopic (exact) mass is 533 g/mol. The molecule has 0 aliphatic carbocycles. The van der Waals surface area contributed by atoms with Gasteiger partial charge >= 0.3 is 0 Å². The summed E-state index contributed by atoms with van der Waals surface area (Å²) in [4.78, 5) is 27.4. The Morgan fingerprint density at radius 1 is 1.06 bits per heavy atom. The number of carbonyl (C=O) groups is 2. The molecule has 33 heavy (non-hydrogen) atoms. The number of hydrogen-bond donors (Lipinski definition) is 1. The zero-order valence-corrected chi connectivity index (χ0v) is 21.8. The van der Waals surface area contributed by atoms with Gasteiger partial charge in [0.25, 0.3) is 0 Å². The van der Waals surface area contributed by atoms with Crippen LogP contribution in [-0.2, 0) is 26.2 Å². The first-order valence-electron chi connectivity index (χ1n) is 10.1. The molecule has 0 aromatic heterocycles. The average Bonchev–Trinajstić information content (AvgIpc) is 2.73. The topological polar surface area (TPSA) is 86.8 Å². The lowest BCUT2D eigenvalue weighted by Crippen LogP contribution is -2.51. The van der Waals surface area contributed by atoms with Crippen molar-refractivity contribution in [3.05, 3.63) is 62.6 Å². The first-order valence-corrected chi connectivity index (χ1v) is 13.1. The standard InChI is InChI=1S/C22H26Cl3N3O4S/c1-5-19(22(30)26-3)27(12-15-8-6-7-14(2)9-15)21(29)13-28(33(4,31)32)20-11-17(24)16(23)10-18(20)25/h6-11,19H,5,12-13H2,1-4H3,(H,26,30)/t19-/m0/s1. The summed E-state index contributed by atoms with van der Waals surface area (Å²) < 4.78 is 26.1. The smallest absolute Gasteiger partial charge is 0.244 e. The molecule has 0 bridgehead atoms. The Hall–Kier alpha value is -2.00. The predicted molar refractivity (Wildman–Crippen MR) is 134 cm³/mol. The van der Waals surface area contributed by atoms with Gasteiger partial charge in [0, 0.05) is 13.6 Å². The van der Waals surface area contributed by atoms with Gasteiger partial charge in [-0.25, -0.2) is 8.42 Å². The minimum atomic E-state index is -3.94. The number of anilines is 1. The molecule has 0 saturated carbocycles. The lowest BCUT2D eigenvalue weighted by molar-refractivity contribution is -0.140. The molecule has 11 heteroatoms. The fraction of sp³-hybridized carbons (Fsp3) is 0.364. The van der Waals surface area contributed by atoms with Crippen molar-refractivity contribution < 1.29 is 18.0 Å². The Kier molecular flexibility index (Phi) is 9.43. The van der Waals surface area contributed by atoms with E-state index in [2.05, 4.69) is 5.32 Å². The molecular weight excluding hydrogens is 509 g/mol.